The molecule has 0 spiro atoms. The van der Waals surface area contributed by atoms with E-state index in [0.29, 0.717) is 6.54 Å². The van der Waals surface area contributed by atoms with Gasteiger partial charge in [-0.2, -0.15) is 0 Å². The van der Waals surface area contributed by atoms with Gasteiger partial charge in [0.25, 0.3) is 0 Å². The van der Waals surface area contributed by atoms with Gasteiger partial charge < -0.3 is 5.32 Å². The summed E-state index contributed by atoms with van der Waals surface area (Å²) in [6.07, 6.45) is 0. The lowest BCUT2D eigenvalue weighted by Crippen LogP contribution is -2.18. The standard InChI is InChI=1S/C17H19FN2/c1-20(12-15-4-2-3-5-17(15)18)11-13-6-7-14-9-19-10-16(14)8-13/h2-8,19H,9-12H2,1H3. The maximum atomic E-state index is 13.6. The summed E-state index contributed by atoms with van der Waals surface area (Å²) < 4.78 is 13.6. The first-order valence-corrected chi connectivity index (χ1v) is 6.96. The normalized spacial score (nSPS) is 13.8. The average Bonchev–Trinajstić information content (AvgIpc) is 2.89. The van der Waals surface area contributed by atoms with E-state index < -0.39 is 0 Å². The summed E-state index contributed by atoms with van der Waals surface area (Å²) in [5.41, 5.74) is 4.82. The highest BCUT2D eigenvalue weighted by Gasteiger charge is 2.11. The zero-order valence-corrected chi connectivity index (χ0v) is 11.7. The van der Waals surface area contributed by atoms with E-state index >= 15 is 0 Å². The molecule has 0 aliphatic carbocycles. The van der Waals surface area contributed by atoms with Crippen LogP contribution in [0.4, 0.5) is 4.39 Å². The van der Waals surface area contributed by atoms with Crippen LogP contribution in [0.1, 0.15) is 22.3 Å². The second-order valence-corrected chi connectivity index (χ2v) is 5.47. The van der Waals surface area contributed by atoms with Gasteiger partial charge in [0.15, 0.2) is 0 Å². The SMILES string of the molecule is CN(Cc1ccc2c(c1)CNC2)Cc1ccccc1F. The fraction of sp³-hybridized carbons (Fsp3) is 0.294. The Morgan fingerprint density at radius 3 is 2.70 bits per heavy atom. The summed E-state index contributed by atoms with van der Waals surface area (Å²) >= 11 is 0. The zero-order valence-electron chi connectivity index (χ0n) is 11.7. The van der Waals surface area contributed by atoms with Crippen LogP contribution in [0, 0.1) is 5.82 Å². The van der Waals surface area contributed by atoms with E-state index in [1.54, 1.807) is 6.07 Å². The highest BCUT2D eigenvalue weighted by Crippen LogP contribution is 2.18. The molecule has 0 bridgehead atoms. The van der Waals surface area contributed by atoms with Gasteiger partial charge in [0.2, 0.25) is 0 Å². The number of rotatable bonds is 4. The largest absolute Gasteiger partial charge is 0.309 e. The van der Waals surface area contributed by atoms with E-state index in [1.165, 1.54) is 22.8 Å². The Hall–Kier alpha value is -1.71. The molecule has 0 amide bonds. The first-order valence-electron chi connectivity index (χ1n) is 6.96. The molecule has 0 radical (unpaired) electrons. The van der Waals surface area contributed by atoms with E-state index in [-0.39, 0.29) is 5.82 Å². The number of nitrogens with one attached hydrogen (secondary N) is 1. The van der Waals surface area contributed by atoms with Crippen molar-refractivity contribution in [2.24, 2.45) is 0 Å². The highest BCUT2D eigenvalue weighted by atomic mass is 19.1. The van der Waals surface area contributed by atoms with E-state index in [0.717, 1.165) is 25.2 Å². The molecular weight excluding hydrogens is 251 g/mol. The van der Waals surface area contributed by atoms with Gasteiger partial charge in [0.1, 0.15) is 5.82 Å². The van der Waals surface area contributed by atoms with Crippen LogP contribution >= 0.6 is 0 Å². The van der Waals surface area contributed by atoms with E-state index in [1.807, 2.05) is 19.2 Å². The van der Waals surface area contributed by atoms with Crippen LogP contribution < -0.4 is 5.32 Å². The van der Waals surface area contributed by atoms with Crippen LogP contribution in [0.5, 0.6) is 0 Å². The minimum Gasteiger partial charge on any atom is -0.309 e. The molecule has 2 aromatic carbocycles. The summed E-state index contributed by atoms with van der Waals surface area (Å²) in [5, 5.41) is 3.35. The summed E-state index contributed by atoms with van der Waals surface area (Å²) in [6.45, 7) is 3.39. The van der Waals surface area contributed by atoms with Crippen molar-refractivity contribution in [1.82, 2.24) is 10.2 Å². The van der Waals surface area contributed by atoms with Crippen LogP contribution in [0.15, 0.2) is 42.5 Å². The lowest BCUT2D eigenvalue weighted by molar-refractivity contribution is 0.313. The molecule has 20 heavy (non-hydrogen) atoms. The first kappa shape index (κ1) is 13.3. The predicted molar refractivity (Wildman–Crippen MR) is 78.6 cm³/mol. The Morgan fingerprint density at radius 2 is 1.85 bits per heavy atom. The molecule has 1 aliphatic rings. The number of hydrogen-bond acceptors (Lipinski definition) is 2. The number of nitrogens with zero attached hydrogens (tertiary/aromatic N) is 1. The smallest absolute Gasteiger partial charge is 0.127 e. The minimum atomic E-state index is -0.127. The molecule has 1 heterocycles. The second kappa shape index (κ2) is 5.73. The molecule has 0 saturated carbocycles. The average molecular weight is 270 g/mol. The first-order chi connectivity index (χ1) is 9.72. The van der Waals surface area contributed by atoms with Crippen molar-refractivity contribution in [3.05, 3.63) is 70.5 Å². The third kappa shape index (κ3) is 2.89. The maximum absolute atomic E-state index is 13.6. The van der Waals surface area contributed by atoms with Crippen molar-refractivity contribution in [3.8, 4) is 0 Å². The van der Waals surface area contributed by atoms with Crippen molar-refractivity contribution in [1.29, 1.82) is 0 Å². The number of hydrogen-bond donors (Lipinski definition) is 1. The van der Waals surface area contributed by atoms with Crippen molar-refractivity contribution < 1.29 is 4.39 Å². The summed E-state index contributed by atoms with van der Waals surface area (Å²) in [4.78, 5) is 2.14. The molecule has 2 aromatic rings. The van der Waals surface area contributed by atoms with Gasteiger partial charge in [-0.15, -0.1) is 0 Å². The monoisotopic (exact) mass is 270 g/mol. The van der Waals surface area contributed by atoms with E-state index in [4.69, 9.17) is 0 Å². The van der Waals surface area contributed by atoms with Gasteiger partial charge in [-0.25, -0.2) is 4.39 Å². The molecule has 0 saturated heterocycles. The third-order valence-corrected chi connectivity index (χ3v) is 3.75. The number of halogens is 1. The van der Waals surface area contributed by atoms with Gasteiger partial charge in [-0.1, -0.05) is 36.4 Å². The lowest BCUT2D eigenvalue weighted by Gasteiger charge is -2.17. The molecule has 1 aliphatic heterocycles. The van der Waals surface area contributed by atoms with Crippen LogP contribution in [-0.4, -0.2) is 11.9 Å². The van der Waals surface area contributed by atoms with Crippen molar-refractivity contribution in [2.45, 2.75) is 26.2 Å². The number of benzene rings is 2. The molecule has 3 heteroatoms. The van der Waals surface area contributed by atoms with Crippen molar-refractivity contribution in [3.63, 3.8) is 0 Å². The zero-order chi connectivity index (χ0) is 13.9. The molecular formula is C17H19FN2. The van der Waals surface area contributed by atoms with Gasteiger partial charge >= 0.3 is 0 Å². The van der Waals surface area contributed by atoms with Gasteiger partial charge in [-0.3, -0.25) is 4.90 Å². The fourth-order valence-electron chi connectivity index (χ4n) is 2.73. The third-order valence-electron chi connectivity index (χ3n) is 3.75. The van der Waals surface area contributed by atoms with Crippen molar-refractivity contribution >= 4 is 0 Å². The van der Waals surface area contributed by atoms with Gasteiger partial charge in [-0.05, 0) is 29.8 Å². The van der Waals surface area contributed by atoms with Gasteiger partial charge in [0.05, 0.1) is 0 Å². The fourth-order valence-corrected chi connectivity index (χ4v) is 2.73. The second-order valence-electron chi connectivity index (χ2n) is 5.47. The molecule has 0 unspecified atom stereocenters. The molecule has 2 nitrogen and oxygen atoms in total. The Morgan fingerprint density at radius 1 is 1.05 bits per heavy atom. The Kier molecular flexibility index (Phi) is 3.81. The Bertz CT molecular complexity index is 610. The summed E-state index contributed by atoms with van der Waals surface area (Å²) in [6, 6.07) is 13.6. The molecule has 3 rings (SSSR count). The Labute approximate surface area is 119 Å². The van der Waals surface area contributed by atoms with E-state index in [2.05, 4.69) is 28.4 Å². The van der Waals surface area contributed by atoms with Crippen molar-refractivity contribution in [2.75, 3.05) is 7.05 Å². The Balaban J connectivity index is 1.67. The van der Waals surface area contributed by atoms with Gasteiger partial charge in [0, 0.05) is 31.7 Å². The predicted octanol–water partition coefficient (Wildman–Crippen LogP) is 3.06. The van der Waals surface area contributed by atoms with Crippen LogP contribution in [-0.2, 0) is 26.2 Å². The molecule has 0 aromatic heterocycles. The molecule has 1 N–H and O–H groups in total. The topological polar surface area (TPSA) is 15.3 Å². The minimum absolute atomic E-state index is 0.127. The molecule has 104 valence electrons. The van der Waals surface area contributed by atoms with Crippen LogP contribution in [0.25, 0.3) is 0 Å². The maximum Gasteiger partial charge on any atom is 0.127 e. The van der Waals surface area contributed by atoms with Crippen LogP contribution in [0.2, 0.25) is 0 Å². The van der Waals surface area contributed by atoms with Crippen LogP contribution in [0.3, 0.4) is 0 Å². The van der Waals surface area contributed by atoms with E-state index in [9.17, 15) is 4.39 Å². The lowest BCUT2D eigenvalue weighted by atomic mass is 10.1. The quantitative estimate of drug-likeness (QED) is 0.918. The molecule has 0 atom stereocenters. The highest BCUT2D eigenvalue weighted by molar-refractivity contribution is 5.34. The molecule has 0 fully saturated rings. The summed E-state index contributed by atoms with van der Waals surface area (Å²) in [5.74, 6) is -0.127. The number of fused-ring (bicyclic) bond motifs is 1. The summed E-state index contributed by atoms with van der Waals surface area (Å²) in [7, 11) is 2.03.